The topological polar surface area (TPSA) is 118 Å². The number of hydrogen-bond acceptors (Lipinski definition) is 8. The molecular formula is C30H24ClN3O6S2. The van der Waals surface area contributed by atoms with Gasteiger partial charge in [0.2, 0.25) is 17.7 Å². The number of anilines is 2. The molecule has 12 heteroatoms. The van der Waals surface area contributed by atoms with Crippen LogP contribution >= 0.6 is 34.7 Å². The Bertz CT molecular complexity index is 1760. The number of hydrogen-bond donors (Lipinski definition) is 2. The van der Waals surface area contributed by atoms with Gasteiger partial charge < -0.3 is 15.2 Å². The summed E-state index contributed by atoms with van der Waals surface area (Å²) in [5, 5.41) is 13.2. The second-order valence-corrected chi connectivity index (χ2v) is 12.3. The number of amides is 3. The lowest BCUT2D eigenvalue weighted by atomic mass is 9.83. The number of para-hydroxylation sites is 1. The van der Waals surface area contributed by atoms with Gasteiger partial charge in [-0.1, -0.05) is 59.0 Å². The maximum absolute atomic E-state index is 14.0. The van der Waals surface area contributed by atoms with Crippen molar-refractivity contribution in [3.8, 4) is 11.5 Å². The van der Waals surface area contributed by atoms with Gasteiger partial charge in [0.1, 0.15) is 11.8 Å². The quantitative estimate of drug-likeness (QED) is 0.276. The smallest absolute Gasteiger partial charge is 0.308 e. The van der Waals surface area contributed by atoms with Crippen LogP contribution in [0, 0.1) is 5.92 Å². The lowest BCUT2D eigenvalue weighted by molar-refractivity contribution is -0.122. The number of thiazole rings is 1. The summed E-state index contributed by atoms with van der Waals surface area (Å²) in [5.41, 5.74) is 1.59. The van der Waals surface area contributed by atoms with E-state index >= 15 is 0 Å². The predicted octanol–water partition coefficient (Wildman–Crippen LogP) is 5.10. The van der Waals surface area contributed by atoms with E-state index in [1.165, 1.54) is 10.6 Å². The number of phenolic OH excluding ortho intramolecular Hbond substituents is 1. The zero-order valence-corrected chi connectivity index (χ0v) is 24.5. The van der Waals surface area contributed by atoms with Crippen molar-refractivity contribution in [2.75, 3.05) is 16.8 Å². The van der Waals surface area contributed by atoms with Gasteiger partial charge in [0.05, 0.1) is 23.2 Å². The van der Waals surface area contributed by atoms with Gasteiger partial charge >= 0.3 is 4.87 Å². The Morgan fingerprint density at radius 3 is 2.48 bits per heavy atom. The van der Waals surface area contributed by atoms with Crippen LogP contribution in [0.15, 0.2) is 82.6 Å². The third-order valence-electron chi connectivity index (χ3n) is 7.14. The molecule has 1 saturated heterocycles. The Kier molecular flexibility index (Phi) is 7.56. The van der Waals surface area contributed by atoms with Crippen LogP contribution < -0.4 is 19.8 Å². The van der Waals surface area contributed by atoms with E-state index in [2.05, 4.69) is 5.32 Å². The SMILES string of the molecule is CCOc1cc([C@@H]2c3sc(=O)n(CC(=O)Nc4ccccc4)c3SC3C(=O)N(c4ccc(Cl)cc4)C(=O)C32)ccc1O. The molecule has 42 heavy (non-hydrogen) atoms. The number of aromatic hydroxyl groups is 1. The Morgan fingerprint density at radius 2 is 1.76 bits per heavy atom. The summed E-state index contributed by atoms with van der Waals surface area (Å²) in [6.07, 6.45) is 0. The fourth-order valence-electron chi connectivity index (χ4n) is 5.32. The van der Waals surface area contributed by atoms with E-state index in [9.17, 15) is 24.3 Å². The van der Waals surface area contributed by atoms with E-state index < -0.39 is 34.8 Å². The molecular weight excluding hydrogens is 598 g/mol. The number of benzene rings is 3. The number of nitrogens with zero attached hydrogens (tertiary/aromatic N) is 2. The van der Waals surface area contributed by atoms with Crippen LogP contribution in [-0.2, 0) is 20.9 Å². The summed E-state index contributed by atoms with van der Waals surface area (Å²) in [4.78, 5) is 55.5. The van der Waals surface area contributed by atoms with Crippen LogP contribution in [-0.4, -0.2) is 39.3 Å². The van der Waals surface area contributed by atoms with Crippen LogP contribution in [0.25, 0.3) is 0 Å². The standard InChI is InChI=1S/C30H24ClN3O6S2/c1-2-40-21-14-16(8-13-20(21)35)23-24-25(28(38)34(27(24)37)19-11-9-17(31)10-12-19)41-29-26(23)42-30(39)33(29)15-22(36)32-18-6-4-3-5-7-18/h3-14,23-25,35H,2,15H2,1H3,(H,32,36)/t23-,24?,25?/m0/s1. The number of aromatic nitrogens is 1. The van der Waals surface area contributed by atoms with Crippen molar-refractivity contribution >= 4 is 63.8 Å². The van der Waals surface area contributed by atoms with Gasteiger partial charge in [-0.3, -0.25) is 23.7 Å². The molecule has 3 atom stereocenters. The molecule has 3 aromatic carbocycles. The molecule has 0 radical (unpaired) electrons. The summed E-state index contributed by atoms with van der Waals surface area (Å²) in [5.74, 6) is -2.60. The number of fused-ring (bicyclic) bond motifs is 2. The van der Waals surface area contributed by atoms with E-state index in [0.29, 0.717) is 38.5 Å². The second kappa shape index (κ2) is 11.3. The van der Waals surface area contributed by atoms with Crippen molar-refractivity contribution in [3.05, 3.63) is 97.9 Å². The Morgan fingerprint density at radius 1 is 1.02 bits per heavy atom. The summed E-state index contributed by atoms with van der Waals surface area (Å²) >= 11 is 8.13. The molecule has 1 aromatic heterocycles. The maximum Gasteiger partial charge on any atom is 0.308 e. The molecule has 2 aliphatic rings. The highest BCUT2D eigenvalue weighted by atomic mass is 35.5. The third-order valence-corrected chi connectivity index (χ3v) is 9.99. The molecule has 0 aliphatic carbocycles. The largest absolute Gasteiger partial charge is 0.504 e. The normalized spacial score (nSPS) is 19.4. The minimum atomic E-state index is -0.854. The summed E-state index contributed by atoms with van der Waals surface area (Å²) in [6, 6.07) is 20.1. The highest BCUT2D eigenvalue weighted by molar-refractivity contribution is 8.00. The monoisotopic (exact) mass is 621 g/mol. The fourth-order valence-corrected chi connectivity index (χ4v) is 8.22. The minimum absolute atomic E-state index is 0.0671. The van der Waals surface area contributed by atoms with E-state index in [0.717, 1.165) is 28.0 Å². The number of carbonyl (C=O) groups is 3. The number of rotatable bonds is 7. The number of ether oxygens (including phenoxy) is 1. The average Bonchev–Trinajstić information content (AvgIpc) is 3.41. The molecule has 3 amide bonds. The van der Waals surface area contributed by atoms with E-state index in [1.54, 1.807) is 67.6 Å². The van der Waals surface area contributed by atoms with E-state index in [4.69, 9.17) is 16.3 Å². The zero-order chi connectivity index (χ0) is 29.5. The Hall–Kier alpha value is -4.06. The van der Waals surface area contributed by atoms with Crippen molar-refractivity contribution in [3.63, 3.8) is 0 Å². The van der Waals surface area contributed by atoms with E-state index in [1.807, 2.05) is 6.07 Å². The molecule has 2 aliphatic heterocycles. The lowest BCUT2D eigenvalue weighted by Gasteiger charge is -2.31. The van der Waals surface area contributed by atoms with Crippen LogP contribution in [0.5, 0.6) is 11.5 Å². The van der Waals surface area contributed by atoms with Gasteiger partial charge in [0, 0.05) is 21.5 Å². The van der Waals surface area contributed by atoms with Crippen molar-refractivity contribution < 1.29 is 24.2 Å². The van der Waals surface area contributed by atoms with Crippen LogP contribution in [0.2, 0.25) is 5.02 Å². The first-order chi connectivity index (χ1) is 20.3. The molecule has 2 unspecified atom stereocenters. The molecule has 4 aromatic rings. The summed E-state index contributed by atoms with van der Waals surface area (Å²) < 4.78 is 6.97. The molecule has 0 bridgehead atoms. The van der Waals surface area contributed by atoms with Gasteiger partial charge in [-0.2, -0.15) is 0 Å². The second-order valence-electron chi connectivity index (χ2n) is 9.73. The van der Waals surface area contributed by atoms with E-state index in [-0.39, 0.29) is 22.9 Å². The first-order valence-corrected chi connectivity index (χ1v) is 15.2. The zero-order valence-electron chi connectivity index (χ0n) is 22.2. The minimum Gasteiger partial charge on any atom is -0.504 e. The van der Waals surface area contributed by atoms with Crippen LogP contribution in [0.3, 0.4) is 0 Å². The average molecular weight is 622 g/mol. The first kappa shape index (κ1) is 28.1. The lowest BCUT2D eigenvalue weighted by Crippen LogP contribution is -2.33. The molecule has 3 heterocycles. The Labute approximate surface area is 253 Å². The number of phenols is 1. The Balaban J connectivity index is 1.44. The molecule has 214 valence electrons. The molecule has 9 nitrogen and oxygen atoms in total. The van der Waals surface area contributed by atoms with Gasteiger partial charge in [-0.05, 0) is 61.0 Å². The third kappa shape index (κ3) is 4.97. The van der Waals surface area contributed by atoms with Gasteiger partial charge in [0.15, 0.2) is 11.5 Å². The number of thioether (sulfide) groups is 1. The number of carbonyl (C=O) groups excluding carboxylic acids is 3. The molecule has 1 fully saturated rings. The number of imide groups is 1. The van der Waals surface area contributed by atoms with Crippen molar-refractivity contribution in [1.29, 1.82) is 0 Å². The highest BCUT2D eigenvalue weighted by Gasteiger charge is 2.57. The van der Waals surface area contributed by atoms with Crippen molar-refractivity contribution in [2.24, 2.45) is 5.92 Å². The molecule has 2 N–H and O–H groups in total. The fraction of sp³-hybridized carbons (Fsp3) is 0.200. The van der Waals surface area contributed by atoms with Crippen LogP contribution in [0.4, 0.5) is 11.4 Å². The van der Waals surface area contributed by atoms with Crippen LogP contribution in [0.1, 0.15) is 23.3 Å². The molecule has 0 spiro atoms. The van der Waals surface area contributed by atoms with Gasteiger partial charge in [-0.15, -0.1) is 0 Å². The summed E-state index contributed by atoms with van der Waals surface area (Å²) in [7, 11) is 0. The predicted molar refractivity (Wildman–Crippen MR) is 162 cm³/mol. The number of halogens is 1. The van der Waals surface area contributed by atoms with Gasteiger partial charge in [-0.25, -0.2) is 4.90 Å². The number of nitrogens with one attached hydrogen (secondary N) is 1. The van der Waals surface area contributed by atoms with Crippen molar-refractivity contribution in [1.82, 2.24) is 4.57 Å². The maximum atomic E-state index is 14.0. The van der Waals surface area contributed by atoms with Crippen molar-refractivity contribution in [2.45, 2.75) is 29.7 Å². The molecule has 0 saturated carbocycles. The molecule has 6 rings (SSSR count). The highest BCUT2D eigenvalue weighted by Crippen LogP contribution is 2.54. The summed E-state index contributed by atoms with van der Waals surface area (Å²) in [6.45, 7) is 1.82. The first-order valence-electron chi connectivity index (χ1n) is 13.1. The van der Waals surface area contributed by atoms with Gasteiger partial charge in [0.25, 0.3) is 0 Å².